The average molecular weight is 262 g/mol. The fraction of sp³-hybridized carbons (Fsp3) is 0.308. The van der Waals surface area contributed by atoms with Crippen LogP contribution < -0.4 is 0 Å². The summed E-state index contributed by atoms with van der Waals surface area (Å²) < 4.78 is 6.42. The van der Waals surface area contributed by atoms with Gasteiger partial charge >= 0.3 is 11.9 Å². The van der Waals surface area contributed by atoms with Crippen LogP contribution in [0.2, 0.25) is 0 Å². The molecule has 19 heavy (non-hydrogen) atoms. The van der Waals surface area contributed by atoms with Crippen LogP contribution in [0, 0.1) is 6.92 Å². The largest absolute Gasteiger partial charge is 0.481 e. The van der Waals surface area contributed by atoms with E-state index in [-0.39, 0.29) is 18.5 Å². The standard InChI is InChI=1S/C13H14N2O4/c1-8-3-4-9-12(13(18)19-2)14-10(15(9)7-8)5-6-11(16)17/h3-4,7H,5-6H2,1-2H3,(H,16,17). The first-order valence-electron chi connectivity index (χ1n) is 5.80. The zero-order valence-corrected chi connectivity index (χ0v) is 10.7. The molecule has 0 amide bonds. The number of rotatable bonds is 4. The lowest BCUT2D eigenvalue weighted by Crippen LogP contribution is -2.03. The molecule has 0 aliphatic heterocycles. The Bertz CT molecular complexity index is 645. The number of hydrogen-bond acceptors (Lipinski definition) is 4. The third-order valence-electron chi connectivity index (χ3n) is 2.80. The molecule has 0 atom stereocenters. The minimum absolute atomic E-state index is 0.0341. The van der Waals surface area contributed by atoms with Crippen molar-refractivity contribution in [1.82, 2.24) is 9.38 Å². The summed E-state index contributed by atoms with van der Waals surface area (Å²) >= 11 is 0. The van der Waals surface area contributed by atoms with Gasteiger partial charge in [0.15, 0.2) is 5.69 Å². The van der Waals surface area contributed by atoms with Gasteiger partial charge in [0.05, 0.1) is 19.0 Å². The van der Waals surface area contributed by atoms with E-state index in [1.54, 1.807) is 10.5 Å². The number of carbonyl (C=O) groups excluding carboxylic acids is 1. The maximum absolute atomic E-state index is 11.6. The Hall–Kier alpha value is -2.37. The molecule has 1 N–H and O–H groups in total. The minimum atomic E-state index is -0.899. The van der Waals surface area contributed by atoms with E-state index in [0.29, 0.717) is 11.3 Å². The number of hydrogen-bond donors (Lipinski definition) is 1. The van der Waals surface area contributed by atoms with Crippen molar-refractivity contribution in [3.63, 3.8) is 0 Å². The first-order chi connectivity index (χ1) is 9.02. The fourth-order valence-electron chi connectivity index (χ4n) is 1.90. The molecular formula is C13H14N2O4. The Balaban J connectivity index is 2.53. The molecule has 0 bridgehead atoms. The van der Waals surface area contributed by atoms with E-state index in [1.165, 1.54) is 7.11 Å². The second kappa shape index (κ2) is 5.09. The number of nitrogens with zero attached hydrogens (tertiary/aromatic N) is 2. The van der Waals surface area contributed by atoms with E-state index in [0.717, 1.165) is 5.56 Å². The number of carbonyl (C=O) groups is 2. The summed E-state index contributed by atoms with van der Waals surface area (Å²) in [6.07, 6.45) is 2.05. The molecular weight excluding hydrogens is 248 g/mol. The van der Waals surface area contributed by atoms with Crippen LogP contribution in [-0.2, 0) is 16.0 Å². The highest BCUT2D eigenvalue weighted by molar-refractivity contribution is 5.95. The number of aryl methyl sites for hydroxylation is 2. The number of aromatic nitrogens is 2. The average Bonchev–Trinajstić information content (AvgIpc) is 2.73. The second-order valence-electron chi connectivity index (χ2n) is 4.22. The third-order valence-corrected chi connectivity index (χ3v) is 2.80. The van der Waals surface area contributed by atoms with Crippen molar-refractivity contribution in [1.29, 1.82) is 0 Å². The molecule has 0 aromatic carbocycles. The molecule has 2 aromatic rings. The first-order valence-corrected chi connectivity index (χ1v) is 5.80. The Morgan fingerprint density at radius 2 is 2.16 bits per heavy atom. The number of pyridine rings is 1. The van der Waals surface area contributed by atoms with E-state index < -0.39 is 11.9 Å². The molecule has 2 heterocycles. The van der Waals surface area contributed by atoms with Gasteiger partial charge in [0.1, 0.15) is 5.82 Å². The van der Waals surface area contributed by atoms with Crippen molar-refractivity contribution < 1.29 is 19.4 Å². The first kappa shape index (κ1) is 13.1. The van der Waals surface area contributed by atoms with Crippen molar-refractivity contribution >= 4 is 17.5 Å². The summed E-state index contributed by atoms with van der Waals surface area (Å²) in [7, 11) is 1.29. The van der Waals surface area contributed by atoms with Crippen molar-refractivity contribution in [3.8, 4) is 0 Å². The molecule has 0 saturated heterocycles. The summed E-state index contributed by atoms with van der Waals surface area (Å²) in [6, 6.07) is 3.64. The summed E-state index contributed by atoms with van der Waals surface area (Å²) in [5, 5.41) is 8.73. The number of ether oxygens (including phenoxy) is 1. The van der Waals surface area contributed by atoms with Crippen LogP contribution in [-0.4, -0.2) is 33.5 Å². The Kier molecular flexibility index (Phi) is 3.50. The SMILES string of the molecule is COC(=O)c1nc(CCC(=O)O)n2cc(C)ccc12. The van der Waals surface area contributed by atoms with Gasteiger partial charge in [-0.1, -0.05) is 6.07 Å². The van der Waals surface area contributed by atoms with Crippen LogP contribution in [0.15, 0.2) is 18.3 Å². The number of methoxy groups -OCH3 is 1. The van der Waals surface area contributed by atoms with E-state index in [2.05, 4.69) is 9.72 Å². The second-order valence-corrected chi connectivity index (χ2v) is 4.22. The lowest BCUT2D eigenvalue weighted by atomic mass is 10.2. The molecule has 6 nitrogen and oxygen atoms in total. The van der Waals surface area contributed by atoms with Crippen molar-refractivity contribution in [2.24, 2.45) is 0 Å². The minimum Gasteiger partial charge on any atom is -0.481 e. The molecule has 6 heteroatoms. The lowest BCUT2D eigenvalue weighted by Gasteiger charge is -2.01. The lowest BCUT2D eigenvalue weighted by molar-refractivity contribution is -0.137. The van der Waals surface area contributed by atoms with Crippen LogP contribution in [0.5, 0.6) is 0 Å². The Morgan fingerprint density at radius 3 is 2.79 bits per heavy atom. The number of aliphatic carboxylic acids is 1. The molecule has 0 fully saturated rings. The van der Waals surface area contributed by atoms with Crippen LogP contribution in [0.1, 0.15) is 28.3 Å². The molecule has 100 valence electrons. The maximum atomic E-state index is 11.6. The molecule has 2 aromatic heterocycles. The maximum Gasteiger partial charge on any atom is 0.358 e. The number of carboxylic acid groups (broad SMARTS) is 1. The Morgan fingerprint density at radius 1 is 1.42 bits per heavy atom. The van der Waals surface area contributed by atoms with Crippen molar-refractivity contribution in [2.75, 3.05) is 7.11 Å². The van der Waals surface area contributed by atoms with Crippen LogP contribution in [0.25, 0.3) is 5.52 Å². The van der Waals surface area contributed by atoms with Crippen molar-refractivity contribution in [3.05, 3.63) is 35.4 Å². The number of esters is 1. The van der Waals surface area contributed by atoms with Gasteiger partial charge in [-0.2, -0.15) is 0 Å². The van der Waals surface area contributed by atoms with Gasteiger partial charge < -0.3 is 14.2 Å². The van der Waals surface area contributed by atoms with Gasteiger partial charge in [-0.05, 0) is 18.6 Å². The molecule has 2 rings (SSSR count). The molecule has 0 aliphatic carbocycles. The highest BCUT2D eigenvalue weighted by Crippen LogP contribution is 2.16. The summed E-state index contributed by atoms with van der Waals surface area (Å²) in [5.74, 6) is -0.881. The third kappa shape index (κ3) is 2.57. The van der Waals surface area contributed by atoms with Crippen LogP contribution in [0.4, 0.5) is 0 Å². The Labute approximate surface area is 109 Å². The normalized spacial score (nSPS) is 10.6. The quantitative estimate of drug-likeness (QED) is 0.843. The number of imidazole rings is 1. The van der Waals surface area contributed by atoms with Gasteiger partial charge in [0.2, 0.25) is 0 Å². The number of fused-ring (bicyclic) bond motifs is 1. The fourth-order valence-corrected chi connectivity index (χ4v) is 1.90. The predicted octanol–water partition coefficient (Wildman–Crippen LogP) is 1.45. The highest BCUT2D eigenvalue weighted by Gasteiger charge is 2.18. The molecule has 0 radical (unpaired) electrons. The summed E-state index contributed by atoms with van der Waals surface area (Å²) in [4.78, 5) is 26.5. The van der Waals surface area contributed by atoms with Gasteiger partial charge in [0.25, 0.3) is 0 Å². The van der Waals surface area contributed by atoms with Crippen LogP contribution >= 0.6 is 0 Å². The van der Waals surface area contributed by atoms with E-state index in [9.17, 15) is 9.59 Å². The zero-order chi connectivity index (χ0) is 14.0. The highest BCUT2D eigenvalue weighted by atomic mass is 16.5. The molecule has 0 unspecified atom stereocenters. The van der Waals surface area contributed by atoms with Gasteiger partial charge in [0, 0.05) is 12.6 Å². The predicted molar refractivity (Wildman–Crippen MR) is 67.2 cm³/mol. The van der Waals surface area contributed by atoms with Crippen molar-refractivity contribution in [2.45, 2.75) is 19.8 Å². The summed E-state index contributed by atoms with van der Waals surface area (Å²) in [5.41, 5.74) is 1.83. The van der Waals surface area contributed by atoms with Gasteiger partial charge in [-0.25, -0.2) is 9.78 Å². The molecule has 0 spiro atoms. The number of carboxylic acids is 1. The smallest absolute Gasteiger partial charge is 0.358 e. The van der Waals surface area contributed by atoms with Crippen LogP contribution in [0.3, 0.4) is 0 Å². The van der Waals surface area contributed by atoms with E-state index in [4.69, 9.17) is 5.11 Å². The summed E-state index contributed by atoms with van der Waals surface area (Å²) in [6.45, 7) is 1.91. The molecule has 0 aliphatic rings. The molecule has 0 saturated carbocycles. The monoisotopic (exact) mass is 262 g/mol. The topological polar surface area (TPSA) is 80.9 Å². The zero-order valence-electron chi connectivity index (χ0n) is 10.7. The van der Waals surface area contributed by atoms with Gasteiger partial charge in [-0.15, -0.1) is 0 Å². The van der Waals surface area contributed by atoms with E-state index >= 15 is 0 Å². The van der Waals surface area contributed by atoms with Gasteiger partial charge in [-0.3, -0.25) is 4.79 Å². The van der Waals surface area contributed by atoms with E-state index in [1.807, 2.05) is 19.2 Å².